The first-order valence-electron chi connectivity index (χ1n) is 10.6. The van der Waals surface area contributed by atoms with Crippen LogP contribution in [0, 0.1) is 12.3 Å². The number of nitrogens with zero attached hydrogens (tertiary/aromatic N) is 4. The van der Waals surface area contributed by atoms with E-state index < -0.39 is 6.04 Å². The van der Waals surface area contributed by atoms with Crippen LogP contribution in [0.5, 0.6) is 0 Å². The van der Waals surface area contributed by atoms with Crippen LogP contribution in [0.1, 0.15) is 18.4 Å². The maximum absolute atomic E-state index is 13.2. The minimum absolute atomic E-state index is 0.0278. The number of benzene rings is 1. The molecule has 174 valence electrons. The number of carbonyl (C=O) groups is 3. The van der Waals surface area contributed by atoms with Gasteiger partial charge in [-0.1, -0.05) is 35.2 Å². The first-order valence-corrected chi connectivity index (χ1v) is 11.3. The molecule has 3 amide bonds. The van der Waals surface area contributed by atoms with Crippen molar-refractivity contribution in [2.24, 2.45) is 0 Å². The molecule has 0 radical (unpaired) electrons. The highest BCUT2D eigenvalue weighted by molar-refractivity contribution is 6.35. The van der Waals surface area contributed by atoms with Gasteiger partial charge < -0.3 is 19.7 Å². The molecular weight excluding hydrogens is 465 g/mol. The zero-order valence-corrected chi connectivity index (χ0v) is 19.6. The van der Waals surface area contributed by atoms with Crippen molar-refractivity contribution in [3.8, 4) is 12.3 Å². The smallest absolute Gasteiger partial charge is 0.246 e. The molecular formula is C23H25Cl2N5O3. The molecule has 8 nitrogen and oxygen atoms in total. The van der Waals surface area contributed by atoms with Crippen LogP contribution in [-0.4, -0.2) is 69.3 Å². The number of imidazole rings is 1. The van der Waals surface area contributed by atoms with E-state index in [2.05, 4.69) is 16.2 Å². The largest absolute Gasteiger partial charge is 0.356 e. The lowest BCUT2D eigenvalue weighted by Gasteiger charge is -2.39. The summed E-state index contributed by atoms with van der Waals surface area (Å²) in [5.74, 6) is 1.51. The normalized spacial score (nSPS) is 16.1. The number of halogens is 2. The topological polar surface area (TPSA) is 87.5 Å². The molecule has 1 aliphatic rings. The number of amides is 3. The summed E-state index contributed by atoms with van der Waals surface area (Å²) in [7, 11) is 0. The SMILES string of the molecule is C#CCN1C(=O)CN(CCc2ccc(Cl)cc2Cl)C(=O)C1CC(=O)NCCCn1ccnc1. The van der Waals surface area contributed by atoms with Crippen LogP contribution >= 0.6 is 23.2 Å². The molecule has 0 saturated carbocycles. The second-order valence-corrected chi connectivity index (χ2v) is 8.54. The fraction of sp³-hybridized carbons (Fsp3) is 0.391. The van der Waals surface area contributed by atoms with Crippen molar-refractivity contribution >= 4 is 40.9 Å². The average Bonchev–Trinajstić information content (AvgIpc) is 3.29. The monoisotopic (exact) mass is 489 g/mol. The van der Waals surface area contributed by atoms with Gasteiger partial charge in [0.2, 0.25) is 17.7 Å². The summed E-state index contributed by atoms with van der Waals surface area (Å²) in [6.07, 6.45) is 11.7. The Kier molecular flexibility index (Phi) is 8.75. The highest BCUT2D eigenvalue weighted by atomic mass is 35.5. The highest BCUT2D eigenvalue weighted by Gasteiger charge is 2.39. The number of piperazine rings is 1. The Morgan fingerprint density at radius 1 is 1.27 bits per heavy atom. The lowest BCUT2D eigenvalue weighted by atomic mass is 10.0. The van der Waals surface area contributed by atoms with E-state index in [9.17, 15) is 14.4 Å². The molecule has 33 heavy (non-hydrogen) atoms. The highest BCUT2D eigenvalue weighted by Crippen LogP contribution is 2.22. The molecule has 1 aromatic heterocycles. The van der Waals surface area contributed by atoms with Gasteiger partial charge in [0.1, 0.15) is 6.04 Å². The van der Waals surface area contributed by atoms with E-state index in [4.69, 9.17) is 29.6 Å². The third kappa shape index (κ3) is 6.73. The molecule has 2 aromatic rings. The molecule has 0 spiro atoms. The van der Waals surface area contributed by atoms with E-state index in [-0.39, 0.29) is 37.2 Å². The van der Waals surface area contributed by atoms with Crippen LogP contribution in [0.3, 0.4) is 0 Å². The predicted octanol–water partition coefficient (Wildman–Crippen LogP) is 2.00. The molecule has 0 bridgehead atoms. The first-order chi connectivity index (χ1) is 15.9. The van der Waals surface area contributed by atoms with Gasteiger partial charge in [0.25, 0.3) is 0 Å². The number of carbonyl (C=O) groups excluding carboxylic acids is 3. The van der Waals surface area contributed by atoms with Crippen molar-refractivity contribution < 1.29 is 14.4 Å². The molecule has 1 atom stereocenters. The van der Waals surface area contributed by atoms with Crippen molar-refractivity contribution in [3.63, 3.8) is 0 Å². The van der Waals surface area contributed by atoms with Crippen LogP contribution < -0.4 is 5.32 Å². The van der Waals surface area contributed by atoms with Crippen LogP contribution in [0.4, 0.5) is 0 Å². The number of aryl methyl sites for hydroxylation is 1. The lowest BCUT2D eigenvalue weighted by molar-refractivity contribution is -0.156. The lowest BCUT2D eigenvalue weighted by Crippen LogP contribution is -2.61. The fourth-order valence-corrected chi connectivity index (χ4v) is 4.17. The molecule has 0 aliphatic carbocycles. The molecule has 2 heterocycles. The van der Waals surface area contributed by atoms with Crippen molar-refractivity contribution in [2.75, 3.05) is 26.2 Å². The standard InChI is InChI=1S/C23H25Cl2N5O3/c1-2-9-30-20(14-21(31)27-7-3-10-28-12-8-26-16-28)23(33)29(15-22(30)32)11-6-17-4-5-18(24)13-19(17)25/h1,4-5,8,12-13,16,20H,3,6-7,9-11,14-15H2,(H,27,31). The molecule has 10 heteroatoms. The Hall–Kier alpha value is -3.02. The quantitative estimate of drug-likeness (QED) is 0.408. The zero-order valence-electron chi connectivity index (χ0n) is 18.0. The average molecular weight is 490 g/mol. The van der Waals surface area contributed by atoms with Gasteiger partial charge in [-0.3, -0.25) is 14.4 Å². The number of aromatic nitrogens is 2. The Bertz CT molecular complexity index is 1040. The summed E-state index contributed by atoms with van der Waals surface area (Å²) in [6.45, 7) is 1.33. The summed E-state index contributed by atoms with van der Waals surface area (Å²) in [5.41, 5.74) is 0.819. The van der Waals surface area contributed by atoms with E-state index in [1.54, 1.807) is 30.7 Å². The number of terminal acetylenes is 1. The molecule has 1 aliphatic heterocycles. The fourth-order valence-electron chi connectivity index (χ4n) is 3.67. The Morgan fingerprint density at radius 2 is 2.09 bits per heavy atom. The number of hydrogen-bond donors (Lipinski definition) is 1. The number of nitrogens with one attached hydrogen (secondary N) is 1. The van der Waals surface area contributed by atoms with Crippen molar-refractivity contribution in [1.82, 2.24) is 24.7 Å². The van der Waals surface area contributed by atoms with Crippen LogP contribution in [-0.2, 0) is 27.3 Å². The van der Waals surface area contributed by atoms with Gasteiger partial charge in [0.15, 0.2) is 0 Å². The molecule has 1 unspecified atom stereocenters. The summed E-state index contributed by atoms with van der Waals surface area (Å²) < 4.78 is 1.91. The van der Waals surface area contributed by atoms with E-state index >= 15 is 0 Å². The number of rotatable bonds is 10. The zero-order chi connectivity index (χ0) is 23.8. The van der Waals surface area contributed by atoms with Gasteiger partial charge in [0, 0.05) is 42.1 Å². The van der Waals surface area contributed by atoms with Gasteiger partial charge in [-0.15, -0.1) is 6.42 Å². The third-order valence-electron chi connectivity index (χ3n) is 5.40. The van der Waals surface area contributed by atoms with Crippen molar-refractivity contribution in [2.45, 2.75) is 31.8 Å². The van der Waals surface area contributed by atoms with Gasteiger partial charge >= 0.3 is 0 Å². The minimum Gasteiger partial charge on any atom is -0.356 e. The first kappa shape index (κ1) is 24.6. The predicted molar refractivity (Wildman–Crippen MR) is 126 cm³/mol. The molecule has 3 rings (SSSR count). The summed E-state index contributed by atoms with van der Waals surface area (Å²) in [4.78, 5) is 45.1. The van der Waals surface area contributed by atoms with E-state index in [0.29, 0.717) is 42.5 Å². The summed E-state index contributed by atoms with van der Waals surface area (Å²) >= 11 is 12.2. The third-order valence-corrected chi connectivity index (χ3v) is 5.99. The second-order valence-electron chi connectivity index (χ2n) is 7.70. The molecule has 1 aromatic carbocycles. The van der Waals surface area contributed by atoms with Crippen LogP contribution in [0.25, 0.3) is 0 Å². The molecule has 1 fully saturated rings. The van der Waals surface area contributed by atoms with Gasteiger partial charge in [-0.2, -0.15) is 0 Å². The van der Waals surface area contributed by atoms with Gasteiger partial charge in [0.05, 0.1) is 25.8 Å². The molecule has 1 saturated heterocycles. The Morgan fingerprint density at radius 3 is 2.79 bits per heavy atom. The second kappa shape index (κ2) is 11.7. The Labute approximate surface area is 202 Å². The van der Waals surface area contributed by atoms with Crippen LogP contribution in [0.2, 0.25) is 10.0 Å². The Balaban J connectivity index is 1.58. The molecule has 1 N–H and O–H groups in total. The van der Waals surface area contributed by atoms with Gasteiger partial charge in [-0.25, -0.2) is 4.98 Å². The maximum atomic E-state index is 13.2. The van der Waals surface area contributed by atoms with E-state index in [0.717, 1.165) is 5.56 Å². The van der Waals surface area contributed by atoms with Crippen LogP contribution in [0.15, 0.2) is 36.9 Å². The van der Waals surface area contributed by atoms with E-state index in [1.807, 2.05) is 10.8 Å². The van der Waals surface area contributed by atoms with Gasteiger partial charge in [-0.05, 0) is 30.5 Å². The minimum atomic E-state index is -0.934. The van der Waals surface area contributed by atoms with Crippen molar-refractivity contribution in [1.29, 1.82) is 0 Å². The summed E-state index contributed by atoms with van der Waals surface area (Å²) in [6, 6.07) is 4.22. The van der Waals surface area contributed by atoms with E-state index in [1.165, 1.54) is 9.80 Å². The maximum Gasteiger partial charge on any atom is 0.246 e. The van der Waals surface area contributed by atoms with Crippen molar-refractivity contribution in [3.05, 3.63) is 52.5 Å². The summed E-state index contributed by atoms with van der Waals surface area (Å²) in [5, 5.41) is 3.83. The number of hydrogen-bond acceptors (Lipinski definition) is 4.